The molecule has 0 aliphatic carbocycles. The molecule has 0 radical (unpaired) electrons. The van der Waals surface area contributed by atoms with Crippen LogP contribution in [0.4, 0.5) is 5.69 Å². The molecule has 0 saturated carbocycles. The van der Waals surface area contributed by atoms with Gasteiger partial charge in [-0.05, 0) is 50.6 Å². The highest BCUT2D eigenvalue weighted by molar-refractivity contribution is 6.08. The number of fused-ring (bicyclic) bond motifs is 1. The maximum atomic E-state index is 13.5. The zero-order chi connectivity index (χ0) is 23.4. The molecule has 0 fully saturated rings. The minimum atomic E-state index is -0.783. The molecule has 0 bridgehead atoms. The van der Waals surface area contributed by atoms with Crippen molar-refractivity contribution >= 4 is 17.5 Å². The first-order chi connectivity index (χ1) is 16.0. The van der Waals surface area contributed by atoms with E-state index in [1.165, 1.54) is 0 Å². The van der Waals surface area contributed by atoms with Gasteiger partial charge in [-0.1, -0.05) is 30.3 Å². The second kappa shape index (κ2) is 9.77. The number of carbonyl (C=O) groups is 2. The molecule has 8 nitrogen and oxygen atoms in total. The van der Waals surface area contributed by atoms with Crippen molar-refractivity contribution in [3.8, 4) is 11.5 Å². The number of carbonyl (C=O) groups excluding carboxylic acids is 2. The highest BCUT2D eigenvalue weighted by atomic mass is 16.5. The number of ether oxygens (including phenoxy) is 2. The van der Waals surface area contributed by atoms with Gasteiger partial charge in [-0.15, -0.1) is 0 Å². The van der Waals surface area contributed by atoms with Crippen molar-refractivity contribution in [2.45, 2.75) is 39.9 Å². The van der Waals surface area contributed by atoms with E-state index >= 15 is 0 Å². The fourth-order valence-corrected chi connectivity index (χ4v) is 3.66. The lowest BCUT2D eigenvalue weighted by atomic mass is 10.1. The molecule has 1 aromatic heterocycles. The molecule has 1 aliphatic heterocycles. The normalized spacial score (nSPS) is 14.9. The third kappa shape index (κ3) is 4.84. The maximum Gasteiger partial charge on any atom is 0.262 e. The van der Waals surface area contributed by atoms with Crippen molar-refractivity contribution in [2.75, 3.05) is 18.0 Å². The Kier molecular flexibility index (Phi) is 6.63. The number of benzene rings is 2. The summed E-state index contributed by atoms with van der Waals surface area (Å²) in [6.07, 6.45) is 0.0349. The van der Waals surface area contributed by atoms with Crippen molar-refractivity contribution in [1.29, 1.82) is 0 Å². The number of nitrogens with one attached hydrogen (secondary N) is 1. The van der Waals surface area contributed by atoms with E-state index < -0.39 is 6.10 Å². The summed E-state index contributed by atoms with van der Waals surface area (Å²) in [4.78, 5) is 27.7. The van der Waals surface area contributed by atoms with Crippen LogP contribution in [0, 0.1) is 13.8 Å². The Hall–Kier alpha value is -3.81. The molecule has 0 unspecified atom stereocenters. The van der Waals surface area contributed by atoms with Gasteiger partial charge in [0.1, 0.15) is 23.9 Å². The van der Waals surface area contributed by atoms with Crippen molar-refractivity contribution in [2.24, 2.45) is 0 Å². The fraction of sp³-hybridized carbons (Fsp3) is 0.320. The van der Waals surface area contributed by atoms with Crippen LogP contribution in [0.25, 0.3) is 0 Å². The van der Waals surface area contributed by atoms with Crippen LogP contribution in [0.15, 0.2) is 53.1 Å². The second-order valence-corrected chi connectivity index (χ2v) is 7.90. The number of aromatic nitrogens is 1. The molecule has 0 spiro atoms. The average molecular weight is 450 g/mol. The summed E-state index contributed by atoms with van der Waals surface area (Å²) in [6.45, 7) is 6.64. The highest BCUT2D eigenvalue weighted by Crippen LogP contribution is 2.34. The molecule has 0 saturated heterocycles. The Morgan fingerprint density at radius 3 is 2.76 bits per heavy atom. The number of hydrogen-bond acceptors (Lipinski definition) is 6. The van der Waals surface area contributed by atoms with Gasteiger partial charge in [0.15, 0.2) is 6.10 Å². The topological polar surface area (TPSA) is 93.9 Å². The van der Waals surface area contributed by atoms with Gasteiger partial charge in [-0.3, -0.25) is 9.59 Å². The van der Waals surface area contributed by atoms with Gasteiger partial charge in [0.25, 0.3) is 11.8 Å². The van der Waals surface area contributed by atoms with Crippen LogP contribution in [0.1, 0.15) is 40.7 Å². The molecule has 1 aliphatic rings. The quantitative estimate of drug-likeness (QED) is 0.590. The summed E-state index contributed by atoms with van der Waals surface area (Å²) in [7, 11) is 0. The molecule has 2 aromatic carbocycles. The molecule has 4 rings (SSSR count). The molecule has 2 heterocycles. The molecule has 33 heavy (non-hydrogen) atoms. The zero-order valence-corrected chi connectivity index (χ0v) is 19.0. The van der Waals surface area contributed by atoms with Gasteiger partial charge in [0.05, 0.1) is 23.5 Å². The SMILES string of the molecule is CCCNC(=O)[C@H]1CN(C(=O)c2cccc(OCc3c(C)noc3C)c2)c2ccccc2O1. The smallest absolute Gasteiger partial charge is 0.262 e. The number of hydrogen-bond donors (Lipinski definition) is 1. The number of amides is 2. The minimum absolute atomic E-state index is 0.121. The van der Waals surface area contributed by atoms with E-state index in [1.54, 1.807) is 35.2 Å². The fourth-order valence-electron chi connectivity index (χ4n) is 3.66. The summed E-state index contributed by atoms with van der Waals surface area (Å²) in [5.41, 5.74) is 2.74. The van der Waals surface area contributed by atoms with Gasteiger partial charge in [0.2, 0.25) is 0 Å². The number of rotatable bonds is 7. The number of nitrogens with zero attached hydrogens (tertiary/aromatic N) is 2. The lowest BCUT2D eigenvalue weighted by Crippen LogP contribution is -2.50. The third-order valence-electron chi connectivity index (χ3n) is 5.51. The monoisotopic (exact) mass is 449 g/mol. The van der Waals surface area contributed by atoms with E-state index in [4.69, 9.17) is 14.0 Å². The van der Waals surface area contributed by atoms with Crippen molar-refractivity contribution in [3.63, 3.8) is 0 Å². The number of anilines is 1. The number of para-hydroxylation sites is 2. The molecule has 1 atom stereocenters. The summed E-state index contributed by atoms with van der Waals surface area (Å²) in [5, 5.41) is 6.78. The van der Waals surface area contributed by atoms with Gasteiger partial charge in [-0.2, -0.15) is 0 Å². The lowest BCUT2D eigenvalue weighted by Gasteiger charge is -2.34. The van der Waals surface area contributed by atoms with Crippen molar-refractivity contribution in [1.82, 2.24) is 10.5 Å². The van der Waals surface area contributed by atoms with E-state index in [-0.39, 0.29) is 18.4 Å². The molecule has 3 aromatic rings. The van der Waals surface area contributed by atoms with E-state index in [1.807, 2.05) is 39.0 Å². The van der Waals surface area contributed by atoms with E-state index in [2.05, 4.69) is 10.5 Å². The van der Waals surface area contributed by atoms with Crippen LogP contribution < -0.4 is 19.7 Å². The Bertz CT molecular complexity index is 1140. The predicted octanol–water partition coefficient (Wildman–Crippen LogP) is 3.80. The molecule has 2 amide bonds. The van der Waals surface area contributed by atoms with Crippen LogP contribution >= 0.6 is 0 Å². The van der Waals surface area contributed by atoms with E-state index in [0.717, 1.165) is 17.7 Å². The Morgan fingerprint density at radius 2 is 2.00 bits per heavy atom. The predicted molar refractivity (Wildman–Crippen MR) is 123 cm³/mol. The van der Waals surface area contributed by atoms with Crippen LogP contribution in [-0.2, 0) is 11.4 Å². The Labute approximate surface area is 192 Å². The van der Waals surface area contributed by atoms with Crippen molar-refractivity contribution in [3.05, 3.63) is 71.1 Å². The number of aryl methyl sites for hydroxylation is 2. The van der Waals surface area contributed by atoms with Crippen LogP contribution in [0.5, 0.6) is 11.5 Å². The molecular weight excluding hydrogens is 422 g/mol. The third-order valence-corrected chi connectivity index (χ3v) is 5.51. The van der Waals surface area contributed by atoms with Gasteiger partial charge in [-0.25, -0.2) is 0 Å². The highest BCUT2D eigenvalue weighted by Gasteiger charge is 2.34. The minimum Gasteiger partial charge on any atom is -0.489 e. The molecular formula is C25H27N3O5. The summed E-state index contributed by atoms with van der Waals surface area (Å²) in [6, 6.07) is 14.2. The van der Waals surface area contributed by atoms with Gasteiger partial charge in [0, 0.05) is 12.1 Å². The van der Waals surface area contributed by atoms with Gasteiger partial charge < -0.3 is 24.2 Å². The average Bonchev–Trinajstić information content (AvgIpc) is 3.17. The van der Waals surface area contributed by atoms with Crippen LogP contribution in [-0.4, -0.2) is 36.2 Å². The summed E-state index contributed by atoms with van der Waals surface area (Å²) < 4.78 is 17.0. The summed E-state index contributed by atoms with van der Waals surface area (Å²) in [5.74, 6) is 1.29. The standard InChI is InChI=1S/C25H27N3O5/c1-4-12-26-24(29)23-14-28(21-10-5-6-11-22(21)32-23)25(30)18-8-7-9-19(13-18)31-15-20-16(2)27-33-17(20)3/h5-11,13,23H,4,12,14-15H2,1-3H3,(H,26,29)/t23-/m1/s1. The second-order valence-electron chi connectivity index (χ2n) is 7.90. The first-order valence-electron chi connectivity index (χ1n) is 11.0. The van der Waals surface area contributed by atoms with E-state index in [0.29, 0.717) is 41.7 Å². The Balaban J connectivity index is 1.55. The van der Waals surface area contributed by atoms with E-state index in [9.17, 15) is 9.59 Å². The largest absolute Gasteiger partial charge is 0.489 e. The van der Waals surface area contributed by atoms with Crippen LogP contribution in [0.3, 0.4) is 0 Å². The summed E-state index contributed by atoms with van der Waals surface area (Å²) >= 11 is 0. The van der Waals surface area contributed by atoms with Crippen molar-refractivity contribution < 1.29 is 23.6 Å². The zero-order valence-electron chi connectivity index (χ0n) is 19.0. The molecule has 1 N–H and O–H groups in total. The Morgan fingerprint density at radius 1 is 1.18 bits per heavy atom. The lowest BCUT2D eigenvalue weighted by molar-refractivity contribution is -0.127. The first kappa shape index (κ1) is 22.4. The molecule has 8 heteroatoms. The van der Waals surface area contributed by atoms with Crippen LogP contribution in [0.2, 0.25) is 0 Å². The molecule has 172 valence electrons. The van der Waals surface area contributed by atoms with Gasteiger partial charge >= 0.3 is 0 Å². The first-order valence-corrected chi connectivity index (χ1v) is 11.0. The maximum absolute atomic E-state index is 13.5.